The molecule has 0 aliphatic rings. The Bertz CT molecular complexity index is 474. The van der Waals surface area contributed by atoms with Gasteiger partial charge in [-0.3, -0.25) is 9.59 Å². The van der Waals surface area contributed by atoms with Crippen LogP contribution in [-0.2, 0) is 4.79 Å². The zero-order valence-corrected chi connectivity index (χ0v) is 12.8. The van der Waals surface area contributed by atoms with E-state index in [4.69, 9.17) is 5.73 Å². The molecule has 1 rings (SSSR count). The molecule has 0 heterocycles. The first-order chi connectivity index (χ1) is 10.1. The van der Waals surface area contributed by atoms with Crippen LogP contribution in [0.3, 0.4) is 0 Å². The lowest BCUT2D eigenvalue weighted by atomic mass is 9.96. The van der Waals surface area contributed by atoms with Crippen LogP contribution >= 0.6 is 0 Å². The van der Waals surface area contributed by atoms with Crippen molar-refractivity contribution in [1.82, 2.24) is 5.32 Å². The molecule has 0 aromatic heterocycles. The molecule has 0 saturated heterocycles. The summed E-state index contributed by atoms with van der Waals surface area (Å²) >= 11 is 0. The highest BCUT2D eigenvalue weighted by atomic mass is 16.2. The fourth-order valence-corrected chi connectivity index (χ4v) is 2.26. The van der Waals surface area contributed by atoms with Crippen molar-refractivity contribution in [1.29, 1.82) is 0 Å². The monoisotopic (exact) mass is 291 g/mol. The van der Waals surface area contributed by atoms with Crippen molar-refractivity contribution >= 4 is 17.5 Å². The summed E-state index contributed by atoms with van der Waals surface area (Å²) in [5.74, 6) is 0.206. The van der Waals surface area contributed by atoms with Crippen molar-refractivity contribution in [3.05, 3.63) is 29.8 Å². The van der Waals surface area contributed by atoms with Gasteiger partial charge in [-0.1, -0.05) is 25.5 Å². The first-order valence-corrected chi connectivity index (χ1v) is 7.43. The molecular weight excluding hydrogens is 266 g/mol. The van der Waals surface area contributed by atoms with Crippen LogP contribution in [0.1, 0.15) is 43.0 Å². The maximum atomic E-state index is 12.0. The van der Waals surface area contributed by atoms with Crippen molar-refractivity contribution in [2.45, 2.75) is 32.6 Å². The van der Waals surface area contributed by atoms with E-state index in [9.17, 15) is 9.59 Å². The summed E-state index contributed by atoms with van der Waals surface area (Å²) in [6.45, 7) is 2.76. The Morgan fingerprint density at radius 1 is 1.24 bits per heavy atom. The number of rotatable bonds is 8. The van der Waals surface area contributed by atoms with E-state index < -0.39 is 0 Å². The number of anilines is 1. The topological polar surface area (TPSA) is 84.2 Å². The van der Waals surface area contributed by atoms with Gasteiger partial charge in [-0.25, -0.2) is 0 Å². The molecular formula is C16H25N3O2. The molecule has 116 valence electrons. The normalized spacial score (nSPS) is 11.8. The number of para-hydroxylation sites is 1. The third-order valence-corrected chi connectivity index (χ3v) is 3.60. The minimum Gasteiger partial charge on any atom is -0.355 e. The van der Waals surface area contributed by atoms with Gasteiger partial charge in [0.2, 0.25) is 5.91 Å². The summed E-state index contributed by atoms with van der Waals surface area (Å²) < 4.78 is 0. The standard InChI is InChI=1S/C16H25N3O2/c1-3-12(10-11-17)8-9-15(20)19-14-7-5-4-6-13(14)16(21)18-2/h4-7,12H,3,8-11,17H2,1-2H3,(H,18,21)(H,19,20). The number of nitrogens with one attached hydrogen (secondary N) is 2. The highest BCUT2D eigenvalue weighted by molar-refractivity contribution is 6.03. The second-order valence-electron chi connectivity index (χ2n) is 5.06. The molecule has 5 heteroatoms. The lowest BCUT2D eigenvalue weighted by molar-refractivity contribution is -0.116. The molecule has 1 unspecified atom stereocenters. The number of nitrogens with two attached hydrogens (primary N) is 1. The summed E-state index contributed by atoms with van der Waals surface area (Å²) in [5.41, 5.74) is 6.58. The zero-order chi connectivity index (χ0) is 15.7. The first-order valence-electron chi connectivity index (χ1n) is 7.43. The van der Waals surface area contributed by atoms with Gasteiger partial charge in [-0.2, -0.15) is 0 Å². The van der Waals surface area contributed by atoms with Crippen LogP contribution in [0, 0.1) is 5.92 Å². The first kappa shape index (κ1) is 17.2. The van der Waals surface area contributed by atoms with E-state index in [1.165, 1.54) is 0 Å². The molecule has 0 spiro atoms. The zero-order valence-electron chi connectivity index (χ0n) is 12.8. The number of amides is 2. The Morgan fingerprint density at radius 3 is 2.57 bits per heavy atom. The van der Waals surface area contributed by atoms with Gasteiger partial charge in [0.1, 0.15) is 0 Å². The number of carbonyl (C=O) groups excluding carboxylic acids is 2. The van der Waals surface area contributed by atoms with E-state index in [1.54, 1.807) is 31.3 Å². The lowest BCUT2D eigenvalue weighted by Crippen LogP contribution is -2.21. The van der Waals surface area contributed by atoms with E-state index >= 15 is 0 Å². The smallest absolute Gasteiger partial charge is 0.253 e. The Morgan fingerprint density at radius 2 is 1.95 bits per heavy atom. The van der Waals surface area contributed by atoms with Gasteiger partial charge in [0.15, 0.2) is 0 Å². The van der Waals surface area contributed by atoms with Crippen LogP contribution in [0.25, 0.3) is 0 Å². The minimum absolute atomic E-state index is 0.0678. The third kappa shape index (κ3) is 5.55. The van der Waals surface area contributed by atoms with Crippen molar-refractivity contribution in [2.75, 3.05) is 18.9 Å². The maximum Gasteiger partial charge on any atom is 0.253 e. The summed E-state index contributed by atoms with van der Waals surface area (Å²) in [6.07, 6.45) is 3.24. The largest absolute Gasteiger partial charge is 0.355 e. The summed E-state index contributed by atoms with van der Waals surface area (Å²) in [4.78, 5) is 23.8. The number of benzene rings is 1. The predicted molar refractivity (Wildman–Crippen MR) is 85.1 cm³/mol. The molecule has 4 N–H and O–H groups in total. The van der Waals surface area contributed by atoms with Gasteiger partial charge in [0.05, 0.1) is 11.3 Å². The van der Waals surface area contributed by atoms with Crippen LogP contribution in [0.2, 0.25) is 0 Å². The summed E-state index contributed by atoms with van der Waals surface area (Å²) in [7, 11) is 1.57. The molecule has 5 nitrogen and oxygen atoms in total. The van der Waals surface area contributed by atoms with Gasteiger partial charge in [0, 0.05) is 13.5 Å². The molecule has 2 amide bonds. The molecule has 0 radical (unpaired) electrons. The molecule has 0 bridgehead atoms. The van der Waals surface area contributed by atoms with Gasteiger partial charge < -0.3 is 16.4 Å². The van der Waals surface area contributed by atoms with E-state index in [1.807, 2.05) is 0 Å². The van der Waals surface area contributed by atoms with Gasteiger partial charge in [0.25, 0.3) is 5.91 Å². The van der Waals surface area contributed by atoms with Gasteiger partial charge >= 0.3 is 0 Å². The van der Waals surface area contributed by atoms with Crippen LogP contribution in [-0.4, -0.2) is 25.4 Å². The van der Waals surface area contributed by atoms with Crippen molar-refractivity contribution < 1.29 is 9.59 Å². The SMILES string of the molecule is CCC(CCN)CCC(=O)Nc1ccccc1C(=O)NC. The lowest BCUT2D eigenvalue weighted by Gasteiger charge is -2.14. The maximum absolute atomic E-state index is 12.0. The van der Waals surface area contributed by atoms with Crippen LogP contribution in [0.4, 0.5) is 5.69 Å². The molecule has 1 atom stereocenters. The highest BCUT2D eigenvalue weighted by Gasteiger charge is 2.13. The predicted octanol–water partition coefficient (Wildman–Crippen LogP) is 2.14. The number of hydrogen-bond donors (Lipinski definition) is 3. The summed E-state index contributed by atoms with van der Waals surface area (Å²) in [6, 6.07) is 7.00. The molecule has 0 fully saturated rings. The average Bonchev–Trinajstić information content (AvgIpc) is 2.51. The number of carbonyl (C=O) groups is 2. The van der Waals surface area contributed by atoms with Crippen molar-refractivity contribution in [3.8, 4) is 0 Å². The van der Waals surface area contributed by atoms with Gasteiger partial charge in [-0.15, -0.1) is 0 Å². The van der Waals surface area contributed by atoms with Crippen molar-refractivity contribution in [2.24, 2.45) is 11.7 Å². The Labute approximate surface area is 126 Å². The van der Waals surface area contributed by atoms with Crippen LogP contribution < -0.4 is 16.4 Å². The van der Waals surface area contributed by atoms with E-state index in [-0.39, 0.29) is 11.8 Å². The minimum atomic E-state index is -0.208. The van der Waals surface area contributed by atoms with E-state index in [0.29, 0.717) is 30.1 Å². The van der Waals surface area contributed by atoms with E-state index in [2.05, 4.69) is 17.6 Å². The highest BCUT2D eigenvalue weighted by Crippen LogP contribution is 2.18. The van der Waals surface area contributed by atoms with Crippen LogP contribution in [0.5, 0.6) is 0 Å². The Balaban J connectivity index is 2.61. The Hall–Kier alpha value is -1.88. The molecule has 0 saturated carbocycles. The number of hydrogen-bond acceptors (Lipinski definition) is 3. The second-order valence-corrected chi connectivity index (χ2v) is 5.06. The fraction of sp³-hybridized carbons (Fsp3) is 0.500. The average molecular weight is 291 g/mol. The molecule has 0 aliphatic carbocycles. The van der Waals surface area contributed by atoms with Gasteiger partial charge in [-0.05, 0) is 37.4 Å². The fourth-order valence-electron chi connectivity index (χ4n) is 2.26. The molecule has 1 aromatic rings. The second kappa shape index (κ2) is 9.13. The third-order valence-electron chi connectivity index (χ3n) is 3.60. The van der Waals surface area contributed by atoms with E-state index in [0.717, 1.165) is 19.3 Å². The molecule has 0 aliphatic heterocycles. The van der Waals surface area contributed by atoms with Crippen LogP contribution in [0.15, 0.2) is 24.3 Å². The Kier molecular flexibility index (Phi) is 7.46. The molecule has 1 aromatic carbocycles. The van der Waals surface area contributed by atoms with Crippen molar-refractivity contribution in [3.63, 3.8) is 0 Å². The molecule has 21 heavy (non-hydrogen) atoms. The summed E-state index contributed by atoms with van der Waals surface area (Å²) in [5, 5.41) is 5.38. The quantitative estimate of drug-likeness (QED) is 0.686.